The van der Waals surface area contributed by atoms with Crippen LogP contribution in [0.1, 0.15) is 25.0 Å². The predicted octanol–water partition coefficient (Wildman–Crippen LogP) is 1.81. The maximum absolute atomic E-state index is 12.2. The number of benzene rings is 1. The lowest BCUT2D eigenvalue weighted by Gasteiger charge is -2.14. The molecular weight excluding hydrogens is 306 g/mol. The van der Waals surface area contributed by atoms with Crippen molar-refractivity contribution in [1.29, 1.82) is 0 Å². The van der Waals surface area contributed by atoms with Crippen molar-refractivity contribution in [2.45, 2.75) is 26.9 Å². The van der Waals surface area contributed by atoms with E-state index in [0.717, 1.165) is 23.1 Å². The second kappa shape index (κ2) is 6.66. The second-order valence-corrected chi connectivity index (χ2v) is 5.43. The van der Waals surface area contributed by atoms with Crippen LogP contribution in [0.15, 0.2) is 41.4 Å². The molecule has 3 rings (SSSR count). The first-order chi connectivity index (χ1) is 12.0. The standard InChI is InChI=1S/C17H19N5O2/c1-4-13-9-18-10-15(22-17(23)21(3)19-20-22)14(13)11-24-16-8-6-5-7-12(16)2/h5-10H,4,11H2,1-3H3/i5T. The van der Waals surface area contributed by atoms with Gasteiger partial charge in [-0.3, -0.25) is 4.98 Å². The molecule has 0 N–H and O–H groups in total. The topological polar surface area (TPSA) is 74.8 Å². The number of para-hydroxylation sites is 1. The summed E-state index contributed by atoms with van der Waals surface area (Å²) in [5.74, 6) is 0.701. The number of hydrogen-bond acceptors (Lipinski definition) is 5. The monoisotopic (exact) mass is 327 g/mol. The van der Waals surface area contributed by atoms with Crippen LogP contribution in [-0.4, -0.2) is 24.8 Å². The van der Waals surface area contributed by atoms with Crippen molar-refractivity contribution in [3.8, 4) is 11.4 Å². The molecule has 2 aromatic heterocycles. The summed E-state index contributed by atoms with van der Waals surface area (Å²) >= 11 is 0. The third-order valence-corrected chi connectivity index (χ3v) is 3.85. The lowest BCUT2D eigenvalue weighted by Crippen LogP contribution is -2.23. The zero-order chi connectivity index (χ0) is 18.0. The maximum atomic E-state index is 12.2. The Balaban J connectivity index is 1.99. The van der Waals surface area contributed by atoms with Crippen LogP contribution in [0.25, 0.3) is 5.69 Å². The molecule has 0 unspecified atom stereocenters. The van der Waals surface area contributed by atoms with Gasteiger partial charge in [0.25, 0.3) is 0 Å². The van der Waals surface area contributed by atoms with Crippen molar-refractivity contribution in [2.24, 2.45) is 7.05 Å². The van der Waals surface area contributed by atoms with Gasteiger partial charge in [0.1, 0.15) is 12.4 Å². The number of ether oxygens (including phenoxy) is 1. The van der Waals surface area contributed by atoms with Crippen LogP contribution < -0.4 is 10.4 Å². The number of aromatic nitrogens is 5. The summed E-state index contributed by atoms with van der Waals surface area (Å²) in [7, 11) is 1.55. The van der Waals surface area contributed by atoms with Gasteiger partial charge >= 0.3 is 5.69 Å². The quantitative estimate of drug-likeness (QED) is 0.714. The van der Waals surface area contributed by atoms with Crippen LogP contribution >= 0.6 is 0 Å². The average molecular weight is 327 g/mol. The third-order valence-electron chi connectivity index (χ3n) is 3.85. The van der Waals surface area contributed by atoms with E-state index in [4.69, 9.17) is 6.11 Å². The van der Waals surface area contributed by atoms with Crippen molar-refractivity contribution >= 4 is 0 Å². The van der Waals surface area contributed by atoms with Gasteiger partial charge in [0.05, 0.1) is 13.3 Å². The molecule has 0 saturated carbocycles. The molecule has 0 saturated heterocycles. The zero-order valence-electron chi connectivity index (χ0n) is 14.9. The molecule has 7 nitrogen and oxygen atoms in total. The summed E-state index contributed by atoms with van der Waals surface area (Å²) < 4.78 is 16.0. The van der Waals surface area contributed by atoms with Crippen molar-refractivity contribution in [2.75, 3.05) is 0 Å². The highest BCUT2D eigenvalue weighted by Gasteiger charge is 2.15. The number of nitrogens with zero attached hydrogens (tertiary/aromatic N) is 5. The molecule has 0 spiro atoms. The third kappa shape index (κ3) is 2.92. The van der Waals surface area contributed by atoms with E-state index in [1.54, 1.807) is 37.6 Å². The summed E-state index contributed by atoms with van der Waals surface area (Å²) in [6.45, 7) is 4.18. The average Bonchev–Trinajstić information content (AvgIpc) is 2.93. The number of rotatable bonds is 5. The molecule has 0 aliphatic heterocycles. The Bertz CT molecular complexity index is 964. The van der Waals surface area contributed by atoms with E-state index in [1.807, 2.05) is 13.8 Å². The Kier molecular flexibility index (Phi) is 4.05. The lowest BCUT2D eigenvalue weighted by molar-refractivity contribution is 0.302. The molecule has 3 aromatic rings. The van der Waals surface area contributed by atoms with E-state index >= 15 is 0 Å². The fraction of sp³-hybridized carbons (Fsp3) is 0.294. The van der Waals surface area contributed by atoms with Gasteiger partial charge in [0.15, 0.2) is 0 Å². The molecule has 2 heterocycles. The highest BCUT2D eigenvalue weighted by atomic mass is 16.5. The first kappa shape index (κ1) is 14.6. The van der Waals surface area contributed by atoms with Gasteiger partial charge in [0, 0.05) is 18.8 Å². The number of hydrogen-bond donors (Lipinski definition) is 0. The number of tetrazole rings is 1. The van der Waals surface area contributed by atoms with Crippen molar-refractivity contribution in [3.05, 3.63) is 63.8 Å². The first-order valence-corrected chi connectivity index (χ1v) is 7.66. The van der Waals surface area contributed by atoms with Gasteiger partial charge in [0.2, 0.25) is 0 Å². The number of aryl methyl sites for hydroxylation is 3. The first-order valence-electron chi connectivity index (χ1n) is 8.16. The second-order valence-electron chi connectivity index (χ2n) is 5.43. The summed E-state index contributed by atoms with van der Waals surface area (Å²) in [5, 5.41) is 7.66. The fourth-order valence-corrected chi connectivity index (χ4v) is 2.45. The van der Waals surface area contributed by atoms with E-state index in [2.05, 4.69) is 15.4 Å². The highest BCUT2D eigenvalue weighted by molar-refractivity contribution is 5.43. The predicted molar refractivity (Wildman–Crippen MR) is 89.3 cm³/mol. The fourth-order valence-electron chi connectivity index (χ4n) is 2.45. The van der Waals surface area contributed by atoms with E-state index < -0.39 is 0 Å². The van der Waals surface area contributed by atoms with Crippen LogP contribution in [0.3, 0.4) is 0 Å². The van der Waals surface area contributed by atoms with Gasteiger partial charge in [-0.05, 0) is 41.0 Å². The van der Waals surface area contributed by atoms with Gasteiger partial charge < -0.3 is 4.74 Å². The van der Waals surface area contributed by atoms with Crippen LogP contribution in [0, 0.1) is 6.92 Å². The van der Waals surface area contributed by atoms with Crippen LogP contribution in [0.5, 0.6) is 5.75 Å². The molecule has 24 heavy (non-hydrogen) atoms. The zero-order valence-corrected chi connectivity index (χ0v) is 13.9. The van der Waals surface area contributed by atoms with Crippen molar-refractivity contribution < 1.29 is 6.11 Å². The summed E-state index contributed by atoms with van der Waals surface area (Å²) in [5.41, 5.74) is 2.93. The van der Waals surface area contributed by atoms with E-state index in [9.17, 15) is 4.79 Å². The summed E-state index contributed by atoms with van der Waals surface area (Å²) in [6, 6.07) is 5.65. The van der Waals surface area contributed by atoms with Gasteiger partial charge in [-0.25, -0.2) is 4.79 Å². The largest absolute Gasteiger partial charge is 0.489 e. The Morgan fingerprint density at radius 2 is 2.12 bits per heavy atom. The molecule has 0 fully saturated rings. The smallest absolute Gasteiger partial charge is 0.368 e. The van der Waals surface area contributed by atoms with Crippen molar-refractivity contribution in [1.82, 2.24) is 24.8 Å². The van der Waals surface area contributed by atoms with E-state index in [0.29, 0.717) is 17.5 Å². The Hall–Kier alpha value is -2.96. The SMILES string of the molecule is [3H]c1ccc(OCc2c(CC)cncc2-n2nnn(C)c2=O)c(C)c1. The summed E-state index contributed by atoms with van der Waals surface area (Å²) in [6.07, 6.45) is 4.11. The van der Waals surface area contributed by atoms with Gasteiger partial charge in [-0.1, -0.05) is 25.1 Å². The van der Waals surface area contributed by atoms with Crippen LogP contribution in [0.2, 0.25) is 0 Å². The Morgan fingerprint density at radius 3 is 2.79 bits per heavy atom. The number of pyridine rings is 1. The Labute approximate surface area is 140 Å². The molecule has 0 aliphatic rings. The molecule has 0 amide bonds. The highest BCUT2D eigenvalue weighted by Crippen LogP contribution is 2.22. The minimum absolute atomic E-state index is 0.266. The molecule has 0 aliphatic carbocycles. The minimum atomic E-state index is -0.342. The maximum Gasteiger partial charge on any atom is 0.368 e. The van der Waals surface area contributed by atoms with Crippen LogP contribution in [0.4, 0.5) is 0 Å². The van der Waals surface area contributed by atoms with Crippen LogP contribution in [-0.2, 0) is 20.1 Å². The molecule has 124 valence electrons. The van der Waals surface area contributed by atoms with Crippen molar-refractivity contribution in [3.63, 3.8) is 0 Å². The van der Waals surface area contributed by atoms with Gasteiger partial charge in [-0.2, -0.15) is 9.36 Å². The van der Waals surface area contributed by atoms with E-state index in [-0.39, 0.29) is 12.3 Å². The van der Waals surface area contributed by atoms with Gasteiger partial charge in [-0.15, -0.1) is 0 Å². The molecule has 0 atom stereocenters. The summed E-state index contributed by atoms with van der Waals surface area (Å²) in [4.78, 5) is 16.4. The minimum Gasteiger partial charge on any atom is -0.489 e. The Morgan fingerprint density at radius 1 is 1.29 bits per heavy atom. The lowest BCUT2D eigenvalue weighted by atomic mass is 10.1. The molecular formula is C17H19N5O2. The normalized spacial score (nSPS) is 11.4. The molecule has 0 bridgehead atoms. The molecule has 0 radical (unpaired) electrons. The molecule has 7 heteroatoms. The van der Waals surface area contributed by atoms with E-state index in [1.165, 1.54) is 9.36 Å². The molecule has 1 aromatic carbocycles.